The fourth-order valence-electron chi connectivity index (χ4n) is 1.84. The molecule has 0 aliphatic carbocycles. The quantitative estimate of drug-likeness (QED) is 0.802. The van der Waals surface area contributed by atoms with Crippen LogP contribution in [0.2, 0.25) is 0 Å². The van der Waals surface area contributed by atoms with Crippen molar-refractivity contribution in [3.05, 3.63) is 24.2 Å². The molecule has 1 unspecified atom stereocenters. The van der Waals surface area contributed by atoms with Gasteiger partial charge in [-0.05, 0) is 25.8 Å². The molecular formula is C11H17NO2. The van der Waals surface area contributed by atoms with E-state index in [1.807, 2.05) is 6.07 Å². The molecule has 2 atom stereocenters. The Morgan fingerprint density at radius 1 is 1.57 bits per heavy atom. The summed E-state index contributed by atoms with van der Waals surface area (Å²) in [6.07, 6.45) is 5.88. The Kier molecular flexibility index (Phi) is 3.22. The summed E-state index contributed by atoms with van der Waals surface area (Å²) < 4.78 is 10.5. The van der Waals surface area contributed by atoms with E-state index in [2.05, 4.69) is 12.2 Å². The van der Waals surface area contributed by atoms with Gasteiger partial charge in [-0.3, -0.25) is 0 Å². The molecule has 0 aromatic carbocycles. The van der Waals surface area contributed by atoms with E-state index in [4.69, 9.17) is 9.15 Å². The van der Waals surface area contributed by atoms with Crippen molar-refractivity contribution in [3.8, 4) is 0 Å². The summed E-state index contributed by atoms with van der Waals surface area (Å²) in [7, 11) is 0. The molecule has 1 aromatic heterocycles. The van der Waals surface area contributed by atoms with Gasteiger partial charge >= 0.3 is 0 Å². The molecule has 1 fully saturated rings. The minimum absolute atomic E-state index is 0.348. The molecule has 1 N–H and O–H groups in total. The van der Waals surface area contributed by atoms with Gasteiger partial charge in [-0.1, -0.05) is 0 Å². The molecule has 3 heteroatoms. The van der Waals surface area contributed by atoms with Gasteiger partial charge in [0, 0.05) is 24.3 Å². The average Bonchev–Trinajstić information content (AvgIpc) is 2.72. The van der Waals surface area contributed by atoms with E-state index in [0.29, 0.717) is 12.1 Å². The van der Waals surface area contributed by atoms with Gasteiger partial charge in [-0.2, -0.15) is 0 Å². The molecular weight excluding hydrogens is 178 g/mol. The molecule has 3 nitrogen and oxygen atoms in total. The Bertz CT molecular complexity index is 252. The fourth-order valence-corrected chi connectivity index (χ4v) is 1.84. The molecule has 0 spiro atoms. The maximum Gasteiger partial charge on any atom is 0.0950 e. The van der Waals surface area contributed by atoms with E-state index in [1.54, 1.807) is 12.5 Å². The summed E-state index contributed by atoms with van der Waals surface area (Å²) >= 11 is 0. The zero-order valence-corrected chi connectivity index (χ0v) is 8.53. The van der Waals surface area contributed by atoms with Crippen molar-refractivity contribution in [1.82, 2.24) is 5.32 Å². The van der Waals surface area contributed by atoms with Crippen molar-refractivity contribution in [2.45, 2.75) is 31.8 Å². The van der Waals surface area contributed by atoms with Crippen LogP contribution in [0.25, 0.3) is 0 Å². The number of furan rings is 1. The smallest absolute Gasteiger partial charge is 0.0950 e. The highest BCUT2D eigenvalue weighted by Crippen LogP contribution is 2.15. The van der Waals surface area contributed by atoms with Crippen LogP contribution in [0.3, 0.4) is 0 Å². The lowest BCUT2D eigenvalue weighted by atomic mass is 10.1. The first-order valence-electron chi connectivity index (χ1n) is 5.22. The molecule has 1 aliphatic rings. The zero-order chi connectivity index (χ0) is 9.80. The second kappa shape index (κ2) is 4.62. The topological polar surface area (TPSA) is 34.4 Å². The lowest BCUT2D eigenvalue weighted by Crippen LogP contribution is -2.38. The number of hydrogen-bond acceptors (Lipinski definition) is 3. The van der Waals surface area contributed by atoms with Crippen LogP contribution >= 0.6 is 0 Å². The third kappa shape index (κ3) is 2.36. The summed E-state index contributed by atoms with van der Waals surface area (Å²) in [6.45, 7) is 3.90. The van der Waals surface area contributed by atoms with E-state index < -0.39 is 0 Å². The minimum Gasteiger partial charge on any atom is -0.472 e. The maximum absolute atomic E-state index is 5.41. The maximum atomic E-state index is 5.41. The van der Waals surface area contributed by atoms with Crippen molar-refractivity contribution in [3.63, 3.8) is 0 Å². The highest BCUT2D eigenvalue weighted by molar-refractivity contribution is 5.10. The van der Waals surface area contributed by atoms with Crippen molar-refractivity contribution < 1.29 is 9.15 Å². The van der Waals surface area contributed by atoms with Crippen molar-refractivity contribution >= 4 is 0 Å². The standard InChI is InChI=1S/C11H17NO2/c1-9(10-4-6-14-7-10)12-11-3-2-5-13-8-11/h4,6-7,9,11-12H,2-3,5,8H2,1H3/t9?,11-/m1/s1. The molecule has 2 rings (SSSR count). The second-order valence-electron chi connectivity index (χ2n) is 3.86. The largest absolute Gasteiger partial charge is 0.472 e. The van der Waals surface area contributed by atoms with E-state index in [9.17, 15) is 0 Å². The van der Waals surface area contributed by atoms with E-state index in [0.717, 1.165) is 19.6 Å². The minimum atomic E-state index is 0.348. The number of ether oxygens (including phenoxy) is 1. The summed E-state index contributed by atoms with van der Waals surface area (Å²) in [6, 6.07) is 2.84. The predicted molar refractivity (Wildman–Crippen MR) is 54.1 cm³/mol. The lowest BCUT2D eigenvalue weighted by molar-refractivity contribution is 0.0670. The predicted octanol–water partition coefficient (Wildman–Crippen LogP) is 2.11. The van der Waals surface area contributed by atoms with Gasteiger partial charge in [0.2, 0.25) is 0 Å². The molecule has 1 aromatic rings. The molecule has 2 heterocycles. The highest BCUT2D eigenvalue weighted by atomic mass is 16.5. The Morgan fingerprint density at radius 3 is 3.14 bits per heavy atom. The summed E-state index contributed by atoms with van der Waals surface area (Å²) in [4.78, 5) is 0. The Balaban J connectivity index is 1.84. The van der Waals surface area contributed by atoms with Gasteiger partial charge in [-0.25, -0.2) is 0 Å². The van der Waals surface area contributed by atoms with Crippen LogP contribution in [0.5, 0.6) is 0 Å². The van der Waals surface area contributed by atoms with Gasteiger partial charge in [0.15, 0.2) is 0 Å². The number of rotatable bonds is 3. The van der Waals surface area contributed by atoms with Gasteiger partial charge in [-0.15, -0.1) is 0 Å². The zero-order valence-electron chi connectivity index (χ0n) is 8.53. The molecule has 1 saturated heterocycles. The van der Waals surface area contributed by atoms with Crippen LogP contribution < -0.4 is 5.32 Å². The molecule has 14 heavy (non-hydrogen) atoms. The monoisotopic (exact) mass is 195 g/mol. The van der Waals surface area contributed by atoms with Gasteiger partial charge in [0.05, 0.1) is 19.1 Å². The third-order valence-corrected chi connectivity index (χ3v) is 2.69. The molecule has 0 radical (unpaired) electrons. The van der Waals surface area contributed by atoms with Crippen molar-refractivity contribution in [2.75, 3.05) is 13.2 Å². The Morgan fingerprint density at radius 2 is 2.50 bits per heavy atom. The summed E-state index contributed by atoms with van der Waals surface area (Å²) in [5.74, 6) is 0. The Labute approximate surface area is 84.4 Å². The van der Waals surface area contributed by atoms with Crippen LogP contribution in [0.1, 0.15) is 31.4 Å². The molecule has 78 valence electrons. The van der Waals surface area contributed by atoms with Crippen molar-refractivity contribution in [1.29, 1.82) is 0 Å². The first-order valence-corrected chi connectivity index (χ1v) is 5.22. The normalized spacial score (nSPS) is 24.8. The van der Waals surface area contributed by atoms with Crippen LogP contribution in [-0.4, -0.2) is 19.3 Å². The lowest BCUT2D eigenvalue weighted by Gasteiger charge is -2.26. The molecule has 0 bridgehead atoms. The molecule has 0 saturated carbocycles. The average molecular weight is 195 g/mol. The second-order valence-corrected chi connectivity index (χ2v) is 3.86. The van der Waals surface area contributed by atoms with E-state index >= 15 is 0 Å². The Hall–Kier alpha value is -0.800. The number of hydrogen-bond donors (Lipinski definition) is 1. The van der Waals surface area contributed by atoms with Crippen LogP contribution in [0.4, 0.5) is 0 Å². The summed E-state index contributed by atoms with van der Waals surface area (Å²) in [5.41, 5.74) is 1.20. The summed E-state index contributed by atoms with van der Waals surface area (Å²) in [5, 5.41) is 3.54. The van der Waals surface area contributed by atoms with Gasteiger partial charge in [0.1, 0.15) is 0 Å². The van der Waals surface area contributed by atoms with E-state index in [-0.39, 0.29) is 0 Å². The van der Waals surface area contributed by atoms with Crippen LogP contribution in [-0.2, 0) is 4.74 Å². The van der Waals surface area contributed by atoms with Crippen molar-refractivity contribution in [2.24, 2.45) is 0 Å². The SMILES string of the molecule is CC(N[C@@H]1CCCOC1)c1ccoc1. The fraction of sp³-hybridized carbons (Fsp3) is 0.636. The van der Waals surface area contributed by atoms with Crippen LogP contribution in [0, 0.1) is 0 Å². The highest BCUT2D eigenvalue weighted by Gasteiger charge is 2.16. The number of nitrogens with one attached hydrogen (secondary N) is 1. The first kappa shape index (κ1) is 9.74. The van der Waals surface area contributed by atoms with Gasteiger partial charge < -0.3 is 14.5 Å². The van der Waals surface area contributed by atoms with Crippen LogP contribution in [0.15, 0.2) is 23.0 Å². The van der Waals surface area contributed by atoms with E-state index in [1.165, 1.54) is 12.0 Å². The first-order chi connectivity index (χ1) is 6.86. The molecule has 0 amide bonds. The molecule has 1 aliphatic heterocycles. The van der Waals surface area contributed by atoms with Gasteiger partial charge in [0.25, 0.3) is 0 Å². The third-order valence-electron chi connectivity index (χ3n) is 2.69.